The number of rotatable bonds is 19. The fraction of sp³-hybridized carbons (Fsp3) is 0.435. The van der Waals surface area contributed by atoms with Crippen molar-refractivity contribution >= 4 is 6.08 Å². The first-order valence-corrected chi connectivity index (χ1v) is 18.9. The Morgan fingerprint density at radius 1 is 0.562 bits per heavy atom. The van der Waals surface area contributed by atoms with E-state index in [-0.39, 0.29) is 0 Å². The van der Waals surface area contributed by atoms with Crippen LogP contribution in [0.1, 0.15) is 138 Å². The number of allylic oxidation sites excluding steroid dienone is 1. The van der Waals surface area contributed by atoms with Gasteiger partial charge in [0, 0.05) is 0 Å². The van der Waals surface area contributed by atoms with Gasteiger partial charge in [-0.15, -0.1) is 0 Å². The second kappa shape index (κ2) is 17.6. The van der Waals surface area contributed by atoms with E-state index in [1.54, 1.807) is 0 Å². The van der Waals surface area contributed by atoms with Gasteiger partial charge in [0.1, 0.15) is 11.5 Å². The van der Waals surface area contributed by atoms with Crippen LogP contribution in [0.25, 0.3) is 17.2 Å². The summed E-state index contributed by atoms with van der Waals surface area (Å²) in [5, 5.41) is 0. The van der Waals surface area contributed by atoms with E-state index < -0.39 is 5.41 Å². The third-order valence-corrected chi connectivity index (χ3v) is 10.0. The zero-order valence-corrected chi connectivity index (χ0v) is 30.4. The van der Waals surface area contributed by atoms with Crippen molar-refractivity contribution < 1.29 is 9.47 Å². The summed E-state index contributed by atoms with van der Waals surface area (Å²) in [6.45, 7) is 12.8. The Morgan fingerprint density at radius 3 is 1.60 bits per heavy atom. The lowest BCUT2D eigenvalue weighted by Crippen LogP contribution is -2.28. The van der Waals surface area contributed by atoms with Crippen LogP contribution in [-0.2, 0) is 5.41 Å². The molecule has 0 heterocycles. The van der Waals surface area contributed by atoms with Crippen LogP contribution < -0.4 is 9.47 Å². The van der Waals surface area contributed by atoms with Gasteiger partial charge in [-0.1, -0.05) is 144 Å². The maximum absolute atomic E-state index is 6.22. The van der Waals surface area contributed by atoms with E-state index in [2.05, 4.69) is 126 Å². The van der Waals surface area contributed by atoms with Gasteiger partial charge in [-0.05, 0) is 109 Å². The second-order valence-electron chi connectivity index (χ2n) is 13.9. The molecule has 2 heteroatoms. The zero-order valence-electron chi connectivity index (χ0n) is 30.4. The lowest BCUT2D eigenvalue weighted by molar-refractivity contribution is 0.305. The Labute approximate surface area is 291 Å². The molecule has 0 radical (unpaired) electrons. The molecule has 0 spiro atoms. The standard InChI is InChI=1S/C46H58O2/c1-6-9-12-15-30-47-40-24-20-38(21-25-40)46(39-22-26-41(27-23-39)48-31-16-13-10-7-2)44-33-36(5)18-28-42(44)43-29-19-37(34-45(43)46)32-35(4)17-14-11-8-3/h18-29,32-34H,6-17,30-31H2,1-5H3. The van der Waals surface area contributed by atoms with Gasteiger partial charge in [0.05, 0.1) is 18.6 Å². The molecule has 0 bridgehead atoms. The Kier molecular flexibility index (Phi) is 13.0. The van der Waals surface area contributed by atoms with Crippen molar-refractivity contribution in [3.63, 3.8) is 0 Å². The molecule has 0 atom stereocenters. The smallest absolute Gasteiger partial charge is 0.119 e. The Bertz CT molecular complexity index is 1550. The molecule has 0 aromatic heterocycles. The molecular weight excluding hydrogens is 585 g/mol. The normalized spacial score (nSPS) is 13.3. The first-order chi connectivity index (χ1) is 23.5. The van der Waals surface area contributed by atoms with Crippen molar-refractivity contribution in [3.8, 4) is 22.6 Å². The van der Waals surface area contributed by atoms with E-state index in [1.165, 1.54) is 108 Å². The summed E-state index contributed by atoms with van der Waals surface area (Å²) >= 11 is 0. The summed E-state index contributed by atoms with van der Waals surface area (Å²) < 4.78 is 12.4. The fourth-order valence-electron chi connectivity index (χ4n) is 7.38. The van der Waals surface area contributed by atoms with Gasteiger partial charge >= 0.3 is 0 Å². The molecule has 1 aliphatic rings. The van der Waals surface area contributed by atoms with Crippen LogP contribution >= 0.6 is 0 Å². The second-order valence-corrected chi connectivity index (χ2v) is 13.9. The van der Waals surface area contributed by atoms with Crippen molar-refractivity contribution in [1.82, 2.24) is 0 Å². The maximum atomic E-state index is 6.22. The van der Waals surface area contributed by atoms with Crippen molar-refractivity contribution in [2.24, 2.45) is 0 Å². The van der Waals surface area contributed by atoms with Crippen molar-refractivity contribution in [2.45, 2.75) is 117 Å². The van der Waals surface area contributed by atoms with Crippen LogP contribution in [0.4, 0.5) is 0 Å². The fourth-order valence-corrected chi connectivity index (χ4v) is 7.38. The third-order valence-electron chi connectivity index (χ3n) is 10.0. The predicted molar refractivity (Wildman–Crippen MR) is 206 cm³/mol. The average Bonchev–Trinajstić information content (AvgIpc) is 3.38. The van der Waals surface area contributed by atoms with E-state index in [0.29, 0.717) is 0 Å². The quantitative estimate of drug-likeness (QED) is 0.0835. The van der Waals surface area contributed by atoms with Gasteiger partial charge in [-0.2, -0.15) is 0 Å². The van der Waals surface area contributed by atoms with Crippen LogP contribution in [0, 0.1) is 6.92 Å². The lowest BCUT2D eigenvalue weighted by atomic mass is 9.67. The summed E-state index contributed by atoms with van der Waals surface area (Å²) in [6.07, 6.45) is 17.0. The molecule has 0 saturated carbocycles. The molecule has 1 aliphatic carbocycles. The highest BCUT2D eigenvalue weighted by Gasteiger charge is 2.46. The molecule has 4 aromatic carbocycles. The number of ether oxygens (including phenoxy) is 2. The summed E-state index contributed by atoms with van der Waals surface area (Å²) in [5.41, 5.74) is 11.4. The molecule has 4 aromatic rings. The Hall–Kier alpha value is -3.78. The minimum Gasteiger partial charge on any atom is -0.494 e. The molecule has 2 nitrogen and oxygen atoms in total. The molecule has 5 rings (SSSR count). The van der Waals surface area contributed by atoms with Crippen LogP contribution in [0.2, 0.25) is 0 Å². The lowest BCUT2D eigenvalue weighted by Gasteiger charge is -2.34. The van der Waals surface area contributed by atoms with Crippen LogP contribution in [0.3, 0.4) is 0 Å². The molecule has 0 aliphatic heterocycles. The highest BCUT2D eigenvalue weighted by molar-refractivity contribution is 5.87. The number of hydrogen-bond acceptors (Lipinski definition) is 2. The summed E-state index contributed by atoms with van der Waals surface area (Å²) in [6, 6.07) is 32.1. The molecule has 0 unspecified atom stereocenters. The van der Waals surface area contributed by atoms with E-state index in [9.17, 15) is 0 Å². The van der Waals surface area contributed by atoms with Crippen LogP contribution in [-0.4, -0.2) is 13.2 Å². The summed E-state index contributed by atoms with van der Waals surface area (Å²) in [7, 11) is 0. The molecule has 0 N–H and O–H groups in total. The van der Waals surface area contributed by atoms with Crippen molar-refractivity contribution in [3.05, 3.63) is 124 Å². The number of aryl methyl sites for hydroxylation is 1. The Morgan fingerprint density at radius 2 is 1.06 bits per heavy atom. The van der Waals surface area contributed by atoms with Gasteiger partial charge in [0.2, 0.25) is 0 Å². The molecule has 254 valence electrons. The van der Waals surface area contributed by atoms with Crippen LogP contribution in [0.5, 0.6) is 11.5 Å². The topological polar surface area (TPSA) is 18.5 Å². The minimum atomic E-state index is -0.462. The van der Waals surface area contributed by atoms with Gasteiger partial charge in [-0.25, -0.2) is 0 Å². The number of hydrogen-bond donors (Lipinski definition) is 0. The molecule has 0 fully saturated rings. The third kappa shape index (κ3) is 8.25. The zero-order chi connectivity index (χ0) is 33.8. The average molecular weight is 643 g/mol. The minimum absolute atomic E-state index is 0.462. The molecule has 0 amide bonds. The number of fused-ring (bicyclic) bond motifs is 3. The first-order valence-electron chi connectivity index (χ1n) is 18.9. The largest absolute Gasteiger partial charge is 0.494 e. The summed E-state index contributed by atoms with van der Waals surface area (Å²) in [4.78, 5) is 0. The number of benzene rings is 4. The van der Waals surface area contributed by atoms with Crippen molar-refractivity contribution in [1.29, 1.82) is 0 Å². The van der Waals surface area contributed by atoms with E-state index in [4.69, 9.17) is 9.47 Å². The van der Waals surface area contributed by atoms with Gasteiger partial charge in [0.15, 0.2) is 0 Å². The molecule has 0 saturated heterocycles. The van der Waals surface area contributed by atoms with Gasteiger partial charge in [-0.3, -0.25) is 0 Å². The summed E-state index contributed by atoms with van der Waals surface area (Å²) in [5.74, 6) is 1.89. The highest BCUT2D eigenvalue weighted by Crippen LogP contribution is 2.57. The van der Waals surface area contributed by atoms with E-state index in [1.807, 2.05) is 0 Å². The van der Waals surface area contributed by atoms with E-state index in [0.717, 1.165) is 44.0 Å². The predicted octanol–water partition coefficient (Wildman–Crippen LogP) is 13.3. The highest BCUT2D eigenvalue weighted by atomic mass is 16.5. The van der Waals surface area contributed by atoms with Gasteiger partial charge in [0.25, 0.3) is 0 Å². The van der Waals surface area contributed by atoms with Gasteiger partial charge < -0.3 is 9.47 Å². The van der Waals surface area contributed by atoms with Crippen molar-refractivity contribution in [2.75, 3.05) is 13.2 Å². The van der Waals surface area contributed by atoms with E-state index >= 15 is 0 Å². The molecular formula is C46H58O2. The maximum Gasteiger partial charge on any atom is 0.119 e. The first kappa shape index (κ1) is 35.5. The van der Waals surface area contributed by atoms with Crippen LogP contribution in [0.15, 0.2) is 90.5 Å². The molecule has 48 heavy (non-hydrogen) atoms. The SMILES string of the molecule is CCCCCCOc1ccc(C2(c3ccc(OCCCCCC)cc3)c3cc(C)ccc3-c3ccc(C=C(C)CCCCC)cc32)cc1. The monoisotopic (exact) mass is 642 g/mol. The Balaban J connectivity index is 1.59. The number of unbranched alkanes of at least 4 members (excludes halogenated alkanes) is 8.